The van der Waals surface area contributed by atoms with E-state index in [9.17, 15) is 0 Å². The standard InChI is InChI=1S/C12H27N3S.HI/c1-8-13-10(15-11(2,3)4)14-9-12(5,6)16-7;/h8-9H2,1-7H3,(H2,13,14,15);1H. The third-order valence-electron chi connectivity index (χ3n) is 2.01. The van der Waals surface area contributed by atoms with Crippen LogP contribution in [0.15, 0.2) is 4.99 Å². The fourth-order valence-electron chi connectivity index (χ4n) is 0.996. The van der Waals surface area contributed by atoms with E-state index in [-0.39, 0.29) is 34.3 Å². The van der Waals surface area contributed by atoms with E-state index >= 15 is 0 Å². The van der Waals surface area contributed by atoms with Crippen LogP contribution in [-0.4, -0.2) is 35.6 Å². The normalized spacial score (nSPS) is 13.0. The first kappa shape index (κ1) is 19.7. The topological polar surface area (TPSA) is 36.4 Å². The predicted molar refractivity (Wildman–Crippen MR) is 91.9 cm³/mol. The highest BCUT2D eigenvalue weighted by atomic mass is 127. The van der Waals surface area contributed by atoms with Crippen LogP contribution in [0.4, 0.5) is 0 Å². The van der Waals surface area contributed by atoms with Crippen LogP contribution in [0.25, 0.3) is 0 Å². The first-order valence-electron chi connectivity index (χ1n) is 5.82. The second kappa shape index (κ2) is 8.45. The minimum Gasteiger partial charge on any atom is -0.357 e. The summed E-state index contributed by atoms with van der Waals surface area (Å²) in [5, 5.41) is 6.65. The SMILES string of the molecule is CCNC(=NCC(C)(C)SC)NC(C)(C)C.I. The molecule has 0 unspecified atom stereocenters. The van der Waals surface area contributed by atoms with Crippen molar-refractivity contribution in [3.63, 3.8) is 0 Å². The molecule has 0 fully saturated rings. The molecule has 0 aromatic carbocycles. The number of rotatable bonds is 4. The maximum atomic E-state index is 4.61. The molecule has 0 atom stereocenters. The third-order valence-corrected chi connectivity index (χ3v) is 3.24. The Morgan fingerprint density at radius 2 is 1.71 bits per heavy atom. The number of hydrogen-bond donors (Lipinski definition) is 2. The van der Waals surface area contributed by atoms with Gasteiger partial charge in [0.25, 0.3) is 0 Å². The molecule has 17 heavy (non-hydrogen) atoms. The van der Waals surface area contributed by atoms with Gasteiger partial charge in [-0.15, -0.1) is 24.0 Å². The van der Waals surface area contributed by atoms with E-state index < -0.39 is 0 Å². The zero-order chi connectivity index (χ0) is 12.8. The molecular formula is C12H28IN3S. The van der Waals surface area contributed by atoms with Crippen LogP contribution in [0.3, 0.4) is 0 Å². The molecule has 0 aliphatic heterocycles. The lowest BCUT2D eigenvalue weighted by atomic mass is 10.1. The number of aliphatic imine (C=N–C) groups is 1. The van der Waals surface area contributed by atoms with Crippen molar-refractivity contribution in [3.8, 4) is 0 Å². The molecule has 0 aliphatic rings. The van der Waals surface area contributed by atoms with Crippen LogP contribution in [0.1, 0.15) is 41.5 Å². The van der Waals surface area contributed by atoms with E-state index in [0.717, 1.165) is 19.0 Å². The minimum atomic E-state index is 0. The van der Waals surface area contributed by atoms with Gasteiger partial charge in [-0.3, -0.25) is 4.99 Å². The van der Waals surface area contributed by atoms with Crippen LogP contribution >= 0.6 is 35.7 Å². The lowest BCUT2D eigenvalue weighted by Crippen LogP contribution is -2.48. The summed E-state index contributed by atoms with van der Waals surface area (Å²) >= 11 is 1.84. The van der Waals surface area contributed by atoms with Gasteiger partial charge in [0.15, 0.2) is 5.96 Å². The molecule has 5 heteroatoms. The van der Waals surface area contributed by atoms with Crippen molar-refractivity contribution in [3.05, 3.63) is 0 Å². The Labute approximate surface area is 128 Å². The zero-order valence-corrected chi connectivity index (χ0v) is 15.3. The molecular weight excluding hydrogens is 345 g/mol. The van der Waals surface area contributed by atoms with Crippen LogP contribution in [0, 0.1) is 0 Å². The summed E-state index contributed by atoms with van der Waals surface area (Å²) in [6.45, 7) is 14.6. The molecule has 0 bridgehead atoms. The highest BCUT2D eigenvalue weighted by Crippen LogP contribution is 2.20. The first-order valence-corrected chi connectivity index (χ1v) is 7.04. The molecule has 0 saturated carbocycles. The van der Waals surface area contributed by atoms with Crippen molar-refractivity contribution < 1.29 is 0 Å². The van der Waals surface area contributed by atoms with E-state index in [2.05, 4.69) is 63.4 Å². The van der Waals surface area contributed by atoms with Gasteiger partial charge in [-0.25, -0.2) is 0 Å². The molecule has 104 valence electrons. The average Bonchev–Trinajstić information content (AvgIpc) is 2.13. The van der Waals surface area contributed by atoms with Crippen molar-refractivity contribution in [1.82, 2.24) is 10.6 Å². The molecule has 0 heterocycles. The average molecular weight is 373 g/mol. The minimum absolute atomic E-state index is 0. The Kier molecular flexibility index (Phi) is 9.79. The summed E-state index contributed by atoms with van der Waals surface area (Å²) in [5.41, 5.74) is 0.0461. The number of halogens is 1. The van der Waals surface area contributed by atoms with Gasteiger partial charge in [0.1, 0.15) is 0 Å². The first-order chi connectivity index (χ1) is 7.20. The van der Waals surface area contributed by atoms with Crippen molar-refractivity contribution in [2.45, 2.75) is 51.8 Å². The summed E-state index contributed by atoms with van der Waals surface area (Å²) in [6, 6.07) is 0. The van der Waals surface area contributed by atoms with Crippen molar-refractivity contribution in [2.75, 3.05) is 19.3 Å². The van der Waals surface area contributed by atoms with E-state index in [1.807, 2.05) is 11.8 Å². The summed E-state index contributed by atoms with van der Waals surface area (Å²) < 4.78 is 0.195. The second-order valence-corrected chi connectivity index (χ2v) is 7.05. The lowest BCUT2D eigenvalue weighted by molar-refractivity contribution is 0.500. The largest absolute Gasteiger partial charge is 0.357 e. The number of hydrogen-bond acceptors (Lipinski definition) is 2. The monoisotopic (exact) mass is 373 g/mol. The van der Waals surface area contributed by atoms with Gasteiger partial charge >= 0.3 is 0 Å². The van der Waals surface area contributed by atoms with Crippen LogP contribution in [-0.2, 0) is 0 Å². The van der Waals surface area contributed by atoms with E-state index in [1.54, 1.807) is 0 Å². The lowest BCUT2D eigenvalue weighted by Gasteiger charge is -2.25. The number of guanidine groups is 1. The van der Waals surface area contributed by atoms with Crippen LogP contribution < -0.4 is 10.6 Å². The molecule has 0 aromatic heterocycles. The van der Waals surface area contributed by atoms with Gasteiger partial charge in [0.05, 0.1) is 6.54 Å². The van der Waals surface area contributed by atoms with Gasteiger partial charge in [-0.05, 0) is 47.8 Å². The van der Waals surface area contributed by atoms with E-state index in [4.69, 9.17) is 0 Å². The molecule has 3 nitrogen and oxygen atoms in total. The Morgan fingerprint density at radius 1 is 1.18 bits per heavy atom. The Bertz CT molecular complexity index is 234. The smallest absolute Gasteiger partial charge is 0.191 e. The van der Waals surface area contributed by atoms with Gasteiger partial charge < -0.3 is 10.6 Å². The number of nitrogens with one attached hydrogen (secondary N) is 2. The number of nitrogens with zero attached hydrogens (tertiary/aromatic N) is 1. The zero-order valence-electron chi connectivity index (χ0n) is 12.2. The molecule has 0 aromatic rings. The molecule has 0 amide bonds. The molecule has 0 rings (SSSR count). The maximum absolute atomic E-state index is 4.61. The van der Waals surface area contributed by atoms with Gasteiger partial charge in [0, 0.05) is 16.8 Å². The Balaban J connectivity index is 0. The third kappa shape index (κ3) is 11.2. The molecule has 0 saturated heterocycles. The van der Waals surface area contributed by atoms with Crippen LogP contribution in [0.5, 0.6) is 0 Å². The fourth-order valence-corrected chi connectivity index (χ4v) is 1.19. The molecule has 2 N–H and O–H groups in total. The Hall–Kier alpha value is 0.350. The summed E-state index contributed by atoms with van der Waals surface area (Å²) in [4.78, 5) is 4.61. The highest BCUT2D eigenvalue weighted by Gasteiger charge is 2.17. The maximum Gasteiger partial charge on any atom is 0.191 e. The molecule has 0 spiro atoms. The van der Waals surface area contributed by atoms with Crippen LogP contribution in [0.2, 0.25) is 0 Å². The summed E-state index contributed by atoms with van der Waals surface area (Å²) in [5.74, 6) is 0.900. The summed E-state index contributed by atoms with van der Waals surface area (Å²) in [6.07, 6.45) is 2.12. The molecule has 0 aliphatic carbocycles. The van der Waals surface area contributed by atoms with Crippen molar-refractivity contribution >= 4 is 41.7 Å². The Morgan fingerprint density at radius 3 is 2.06 bits per heavy atom. The van der Waals surface area contributed by atoms with Gasteiger partial charge in [0.2, 0.25) is 0 Å². The molecule has 0 radical (unpaired) electrons. The van der Waals surface area contributed by atoms with Gasteiger partial charge in [-0.2, -0.15) is 11.8 Å². The quantitative estimate of drug-likeness (QED) is 0.452. The van der Waals surface area contributed by atoms with E-state index in [0.29, 0.717) is 0 Å². The van der Waals surface area contributed by atoms with Crippen molar-refractivity contribution in [2.24, 2.45) is 4.99 Å². The van der Waals surface area contributed by atoms with Crippen molar-refractivity contribution in [1.29, 1.82) is 0 Å². The number of thioether (sulfide) groups is 1. The highest BCUT2D eigenvalue weighted by molar-refractivity contribution is 14.0. The van der Waals surface area contributed by atoms with E-state index in [1.165, 1.54) is 0 Å². The second-order valence-electron chi connectivity index (χ2n) is 5.53. The fraction of sp³-hybridized carbons (Fsp3) is 0.917. The summed E-state index contributed by atoms with van der Waals surface area (Å²) in [7, 11) is 0. The predicted octanol–water partition coefficient (Wildman–Crippen LogP) is 3.10. The van der Waals surface area contributed by atoms with Gasteiger partial charge in [-0.1, -0.05) is 0 Å².